The number of aromatic nitrogens is 1. The van der Waals surface area contributed by atoms with E-state index in [-0.39, 0.29) is 5.56 Å². The molecule has 1 heterocycles. The fourth-order valence-electron chi connectivity index (χ4n) is 2.88. The molecule has 3 rings (SSSR count). The Morgan fingerprint density at radius 3 is 2.30 bits per heavy atom. The quantitative estimate of drug-likeness (QED) is 0.667. The number of fused-ring (bicyclic) bond motifs is 1. The van der Waals surface area contributed by atoms with Crippen LogP contribution in [0.25, 0.3) is 22.2 Å². The Morgan fingerprint density at radius 1 is 1.00 bits per heavy atom. The van der Waals surface area contributed by atoms with Crippen LogP contribution in [0.2, 0.25) is 0 Å². The SMILES string of the molecule is CCOc1ccc(-c2cc(C(=O)O)c3cc(OCC)c(OC)cc3n2)cc1. The molecule has 0 atom stereocenters. The number of carbonyl (C=O) groups is 1. The number of aromatic carboxylic acids is 1. The Morgan fingerprint density at radius 2 is 1.70 bits per heavy atom. The zero-order valence-electron chi connectivity index (χ0n) is 15.5. The highest BCUT2D eigenvalue weighted by molar-refractivity contribution is 6.04. The molecule has 0 aliphatic heterocycles. The Balaban J connectivity index is 2.17. The first kappa shape index (κ1) is 18.5. The molecule has 6 heteroatoms. The van der Waals surface area contributed by atoms with Crippen molar-refractivity contribution in [3.63, 3.8) is 0 Å². The number of rotatable bonds is 7. The molecule has 0 amide bonds. The highest BCUT2D eigenvalue weighted by atomic mass is 16.5. The highest BCUT2D eigenvalue weighted by Gasteiger charge is 2.17. The van der Waals surface area contributed by atoms with Gasteiger partial charge in [-0.2, -0.15) is 0 Å². The smallest absolute Gasteiger partial charge is 0.336 e. The number of nitrogens with zero attached hydrogens (tertiary/aromatic N) is 1. The van der Waals surface area contributed by atoms with E-state index in [9.17, 15) is 9.90 Å². The first-order valence-electron chi connectivity index (χ1n) is 8.69. The maximum Gasteiger partial charge on any atom is 0.336 e. The third-order valence-electron chi connectivity index (χ3n) is 4.09. The molecule has 0 bridgehead atoms. The van der Waals surface area contributed by atoms with E-state index in [1.54, 1.807) is 18.2 Å². The number of benzene rings is 2. The van der Waals surface area contributed by atoms with Gasteiger partial charge < -0.3 is 19.3 Å². The summed E-state index contributed by atoms with van der Waals surface area (Å²) in [6.07, 6.45) is 0. The van der Waals surface area contributed by atoms with Crippen LogP contribution in [-0.2, 0) is 0 Å². The van der Waals surface area contributed by atoms with Gasteiger partial charge in [0, 0.05) is 17.0 Å². The van der Waals surface area contributed by atoms with Crippen molar-refractivity contribution < 1.29 is 24.1 Å². The van der Waals surface area contributed by atoms with Gasteiger partial charge in [-0.25, -0.2) is 9.78 Å². The van der Waals surface area contributed by atoms with Crippen LogP contribution in [0.4, 0.5) is 0 Å². The lowest BCUT2D eigenvalue weighted by Crippen LogP contribution is -2.02. The maximum atomic E-state index is 11.8. The molecular weight excluding hydrogens is 346 g/mol. The fraction of sp³-hybridized carbons (Fsp3) is 0.238. The topological polar surface area (TPSA) is 77.9 Å². The zero-order chi connectivity index (χ0) is 19.4. The van der Waals surface area contributed by atoms with Crippen LogP contribution in [0, 0.1) is 0 Å². The number of carboxylic acids is 1. The lowest BCUT2D eigenvalue weighted by atomic mass is 10.0. The minimum Gasteiger partial charge on any atom is -0.494 e. The maximum absolute atomic E-state index is 11.8. The highest BCUT2D eigenvalue weighted by Crippen LogP contribution is 2.35. The van der Waals surface area contributed by atoms with E-state index >= 15 is 0 Å². The summed E-state index contributed by atoms with van der Waals surface area (Å²) in [5.74, 6) is 0.730. The summed E-state index contributed by atoms with van der Waals surface area (Å²) < 4.78 is 16.4. The molecule has 2 aromatic carbocycles. The van der Waals surface area contributed by atoms with Gasteiger partial charge >= 0.3 is 5.97 Å². The second-order valence-electron chi connectivity index (χ2n) is 5.77. The number of carboxylic acid groups (broad SMARTS) is 1. The molecule has 0 fully saturated rings. The largest absolute Gasteiger partial charge is 0.494 e. The van der Waals surface area contributed by atoms with Gasteiger partial charge in [-0.05, 0) is 50.2 Å². The molecule has 27 heavy (non-hydrogen) atoms. The summed E-state index contributed by atoms with van der Waals surface area (Å²) in [5.41, 5.74) is 2.05. The van der Waals surface area contributed by atoms with Gasteiger partial charge in [-0.15, -0.1) is 0 Å². The minimum absolute atomic E-state index is 0.160. The van der Waals surface area contributed by atoms with Crippen molar-refractivity contribution in [3.8, 4) is 28.5 Å². The molecule has 1 aromatic heterocycles. The summed E-state index contributed by atoms with van der Waals surface area (Å²) in [5, 5.41) is 10.2. The zero-order valence-corrected chi connectivity index (χ0v) is 15.5. The summed E-state index contributed by atoms with van der Waals surface area (Å²) in [6.45, 7) is 4.80. The van der Waals surface area contributed by atoms with E-state index in [1.807, 2.05) is 38.1 Å². The molecule has 0 spiro atoms. The van der Waals surface area contributed by atoms with Crippen LogP contribution in [0.15, 0.2) is 42.5 Å². The van der Waals surface area contributed by atoms with E-state index < -0.39 is 5.97 Å². The monoisotopic (exact) mass is 367 g/mol. The molecule has 3 aromatic rings. The van der Waals surface area contributed by atoms with Crippen LogP contribution < -0.4 is 14.2 Å². The van der Waals surface area contributed by atoms with E-state index in [0.29, 0.717) is 41.3 Å². The standard InChI is InChI=1S/C21H21NO5/c1-4-26-14-8-6-13(7-9-14)17-10-16(21(23)24)15-11-20(27-5-2)19(25-3)12-18(15)22-17/h6-12H,4-5H2,1-3H3,(H,23,24). The van der Waals surface area contributed by atoms with Gasteiger partial charge in [0.15, 0.2) is 11.5 Å². The lowest BCUT2D eigenvalue weighted by Gasteiger charge is -2.13. The third-order valence-corrected chi connectivity index (χ3v) is 4.09. The summed E-state index contributed by atoms with van der Waals surface area (Å²) >= 11 is 0. The minimum atomic E-state index is -1.03. The predicted octanol–water partition coefficient (Wildman–Crippen LogP) is 4.41. The molecule has 0 saturated heterocycles. The van der Waals surface area contributed by atoms with E-state index in [1.165, 1.54) is 7.11 Å². The number of hydrogen-bond acceptors (Lipinski definition) is 5. The van der Waals surface area contributed by atoms with E-state index in [4.69, 9.17) is 14.2 Å². The summed E-state index contributed by atoms with van der Waals surface area (Å²) in [4.78, 5) is 16.5. The summed E-state index contributed by atoms with van der Waals surface area (Å²) in [7, 11) is 1.54. The van der Waals surface area contributed by atoms with Crippen molar-refractivity contribution in [3.05, 3.63) is 48.0 Å². The molecule has 6 nitrogen and oxygen atoms in total. The Hall–Kier alpha value is -3.28. The van der Waals surface area contributed by atoms with Crippen molar-refractivity contribution in [1.29, 1.82) is 0 Å². The van der Waals surface area contributed by atoms with Crippen LogP contribution in [0.3, 0.4) is 0 Å². The van der Waals surface area contributed by atoms with Crippen LogP contribution in [0.1, 0.15) is 24.2 Å². The predicted molar refractivity (Wildman–Crippen MR) is 103 cm³/mol. The van der Waals surface area contributed by atoms with Gasteiger partial charge in [0.25, 0.3) is 0 Å². The Kier molecular flexibility index (Phi) is 5.45. The van der Waals surface area contributed by atoms with E-state index in [0.717, 1.165) is 11.3 Å². The summed E-state index contributed by atoms with van der Waals surface area (Å²) in [6, 6.07) is 12.3. The fourth-order valence-corrected chi connectivity index (χ4v) is 2.88. The average molecular weight is 367 g/mol. The Labute approximate surface area is 157 Å². The first-order chi connectivity index (χ1) is 13.1. The van der Waals surface area contributed by atoms with Gasteiger partial charge in [0.1, 0.15) is 5.75 Å². The van der Waals surface area contributed by atoms with Crippen molar-refractivity contribution >= 4 is 16.9 Å². The molecule has 0 unspecified atom stereocenters. The van der Waals surface area contributed by atoms with Crippen molar-refractivity contribution in [1.82, 2.24) is 4.98 Å². The number of pyridine rings is 1. The number of ether oxygens (including phenoxy) is 3. The molecule has 0 aliphatic carbocycles. The van der Waals surface area contributed by atoms with Crippen LogP contribution in [0.5, 0.6) is 17.2 Å². The van der Waals surface area contributed by atoms with Gasteiger partial charge in [-0.1, -0.05) is 0 Å². The second kappa shape index (κ2) is 7.95. The number of methoxy groups -OCH3 is 1. The lowest BCUT2D eigenvalue weighted by molar-refractivity contribution is 0.0699. The molecule has 0 aliphatic rings. The van der Waals surface area contributed by atoms with Crippen LogP contribution in [-0.4, -0.2) is 36.4 Å². The van der Waals surface area contributed by atoms with Gasteiger partial charge in [0.2, 0.25) is 0 Å². The van der Waals surface area contributed by atoms with Gasteiger partial charge in [-0.3, -0.25) is 0 Å². The number of hydrogen-bond donors (Lipinski definition) is 1. The van der Waals surface area contributed by atoms with E-state index in [2.05, 4.69) is 4.98 Å². The van der Waals surface area contributed by atoms with Crippen molar-refractivity contribution in [2.24, 2.45) is 0 Å². The molecule has 1 N–H and O–H groups in total. The molecule has 0 saturated carbocycles. The Bertz CT molecular complexity index is 966. The molecule has 140 valence electrons. The molecule has 0 radical (unpaired) electrons. The first-order valence-corrected chi connectivity index (χ1v) is 8.69. The van der Waals surface area contributed by atoms with Crippen molar-refractivity contribution in [2.75, 3.05) is 20.3 Å². The van der Waals surface area contributed by atoms with Crippen molar-refractivity contribution in [2.45, 2.75) is 13.8 Å². The third kappa shape index (κ3) is 3.79. The van der Waals surface area contributed by atoms with Crippen LogP contribution >= 0.6 is 0 Å². The average Bonchev–Trinajstić information content (AvgIpc) is 2.67. The normalized spacial score (nSPS) is 10.6. The second-order valence-corrected chi connectivity index (χ2v) is 5.77. The molecular formula is C21H21NO5. The van der Waals surface area contributed by atoms with Gasteiger partial charge in [0.05, 0.1) is 37.1 Å².